The van der Waals surface area contributed by atoms with Gasteiger partial charge in [-0.25, -0.2) is 9.59 Å². The molecule has 0 radical (unpaired) electrons. The SMILES string of the molecule is CCOC(=O)NC(=O)COC(=O)c1c2c(nc3ccccc13)CC[C@H](C(C)(C)C)C2. The molecule has 0 aliphatic heterocycles. The molecule has 30 heavy (non-hydrogen) atoms. The largest absolute Gasteiger partial charge is 0.452 e. The van der Waals surface area contributed by atoms with E-state index >= 15 is 0 Å². The molecule has 160 valence electrons. The maximum absolute atomic E-state index is 13.1. The number of rotatable bonds is 4. The van der Waals surface area contributed by atoms with Crippen LogP contribution in [0.5, 0.6) is 0 Å². The molecule has 1 aliphatic rings. The van der Waals surface area contributed by atoms with Crippen molar-refractivity contribution in [1.82, 2.24) is 10.3 Å². The number of amides is 2. The summed E-state index contributed by atoms with van der Waals surface area (Å²) in [4.78, 5) is 41.1. The summed E-state index contributed by atoms with van der Waals surface area (Å²) in [5, 5.41) is 2.73. The maximum Gasteiger partial charge on any atom is 0.413 e. The number of benzene rings is 1. The van der Waals surface area contributed by atoms with Crippen molar-refractivity contribution in [1.29, 1.82) is 0 Å². The first-order chi connectivity index (χ1) is 14.2. The number of carbonyl (C=O) groups excluding carboxylic acids is 3. The van der Waals surface area contributed by atoms with E-state index in [9.17, 15) is 14.4 Å². The minimum Gasteiger partial charge on any atom is -0.452 e. The molecule has 0 unspecified atom stereocenters. The number of fused-ring (bicyclic) bond motifs is 2. The van der Waals surface area contributed by atoms with Crippen molar-refractivity contribution in [3.8, 4) is 0 Å². The van der Waals surface area contributed by atoms with E-state index in [-0.39, 0.29) is 12.0 Å². The second kappa shape index (κ2) is 8.81. The highest BCUT2D eigenvalue weighted by Gasteiger charge is 2.33. The lowest BCUT2D eigenvalue weighted by molar-refractivity contribution is -0.123. The summed E-state index contributed by atoms with van der Waals surface area (Å²) in [5.41, 5.74) is 3.11. The predicted molar refractivity (Wildman–Crippen MR) is 112 cm³/mol. The highest BCUT2D eigenvalue weighted by molar-refractivity contribution is 6.06. The van der Waals surface area contributed by atoms with E-state index in [4.69, 9.17) is 9.72 Å². The summed E-state index contributed by atoms with van der Waals surface area (Å²) in [7, 11) is 0. The lowest BCUT2D eigenvalue weighted by Gasteiger charge is -2.35. The third-order valence-corrected chi connectivity index (χ3v) is 5.54. The van der Waals surface area contributed by atoms with Crippen molar-refractivity contribution in [3.05, 3.63) is 41.1 Å². The minimum absolute atomic E-state index is 0.101. The summed E-state index contributed by atoms with van der Waals surface area (Å²) in [6, 6.07) is 7.45. The van der Waals surface area contributed by atoms with Crippen LogP contribution >= 0.6 is 0 Å². The first-order valence-corrected chi connectivity index (χ1v) is 10.2. The molecule has 1 aromatic carbocycles. The van der Waals surface area contributed by atoms with Gasteiger partial charge in [0.15, 0.2) is 6.61 Å². The molecule has 2 aromatic rings. The Labute approximate surface area is 176 Å². The van der Waals surface area contributed by atoms with Gasteiger partial charge >= 0.3 is 12.1 Å². The fraction of sp³-hybridized carbons (Fsp3) is 0.478. The summed E-state index contributed by atoms with van der Waals surface area (Å²) in [6.45, 7) is 7.82. The molecule has 2 amide bonds. The Morgan fingerprint density at radius 3 is 2.60 bits per heavy atom. The third kappa shape index (κ3) is 4.78. The van der Waals surface area contributed by atoms with Crippen LogP contribution in [-0.4, -0.2) is 36.2 Å². The van der Waals surface area contributed by atoms with Gasteiger partial charge in [-0.05, 0) is 49.1 Å². The van der Waals surface area contributed by atoms with E-state index in [0.717, 1.165) is 36.0 Å². The number of hydrogen-bond donors (Lipinski definition) is 1. The number of nitrogens with one attached hydrogen (secondary N) is 1. The van der Waals surface area contributed by atoms with Crippen LogP contribution in [0.2, 0.25) is 0 Å². The Hall–Kier alpha value is -2.96. The summed E-state index contributed by atoms with van der Waals surface area (Å²) in [6.07, 6.45) is 1.68. The fourth-order valence-electron chi connectivity index (χ4n) is 3.88. The Bertz CT molecular complexity index is 977. The number of esters is 1. The summed E-state index contributed by atoms with van der Waals surface area (Å²) in [5.74, 6) is -0.911. The number of carbonyl (C=O) groups is 3. The Kier molecular flexibility index (Phi) is 6.39. The van der Waals surface area contributed by atoms with E-state index in [1.54, 1.807) is 6.92 Å². The first kappa shape index (κ1) is 21.7. The Balaban J connectivity index is 1.89. The van der Waals surface area contributed by atoms with Gasteiger partial charge in [0.25, 0.3) is 5.91 Å². The molecule has 1 aliphatic carbocycles. The van der Waals surface area contributed by atoms with Crippen LogP contribution < -0.4 is 5.32 Å². The molecule has 0 spiro atoms. The Morgan fingerprint density at radius 1 is 1.17 bits per heavy atom. The van der Waals surface area contributed by atoms with Crippen LogP contribution in [-0.2, 0) is 27.1 Å². The van der Waals surface area contributed by atoms with Crippen LogP contribution in [0.3, 0.4) is 0 Å². The zero-order valence-electron chi connectivity index (χ0n) is 17.9. The van der Waals surface area contributed by atoms with Crippen molar-refractivity contribution in [2.24, 2.45) is 11.3 Å². The second-order valence-electron chi connectivity index (χ2n) is 8.58. The summed E-state index contributed by atoms with van der Waals surface area (Å²) < 4.78 is 9.94. The van der Waals surface area contributed by atoms with E-state index in [2.05, 4.69) is 25.5 Å². The average molecular weight is 412 g/mol. The van der Waals surface area contributed by atoms with Crippen LogP contribution in [0.15, 0.2) is 24.3 Å². The van der Waals surface area contributed by atoms with Crippen molar-refractivity contribution < 1.29 is 23.9 Å². The van der Waals surface area contributed by atoms with Gasteiger partial charge in [-0.2, -0.15) is 0 Å². The van der Waals surface area contributed by atoms with Gasteiger partial charge < -0.3 is 9.47 Å². The zero-order valence-corrected chi connectivity index (χ0v) is 17.9. The maximum atomic E-state index is 13.1. The topological polar surface area (TPSA) is 94.6 Å². The number of pyridine rings is 1. The molecular weight excluding hydrogens is 384 g/mol. The van der Waals surface area contributed by atoms with Gasteiger partial charge in [0, 0.05) is 11.1 Å². The number of imide groups is 1. The monoisotopic (exact) mass is 412 g/mol. The summed E-state index contributed by atoms with van der Waals surface area (Å²) >= 11 is 0. The molecule has 1 aromatic heterocycles. The van der Waals surface area contributed by atoms with Crippen molar-refractivity contribution >= 4 is 28.9 Å². The molecule has 1 atom stereocenters. The van der Waals surface area contributed by atoms with Gasteiger partial charge in [0.05, 0.1) is 17.7 Å². The number of aryl methyl sites for hydroxylation is 1. The van der Waals surface area contributed by atoms with Crippen LogP contribution in [0.25, 0.3) is 10.9 Å². The number of alkyl carbamates (subject to hydrolysis) is 1. The highest BCUT2D eigenvalue weighted by Crippen LogP contribution is 2.39. The van der Waals surface area contributed by atoms with Crippen molar-refractivity contribution in [3.63, 3.8) is 0 Å². The molecule has 0 bridgehead atoms. The van der Waals surface area contributed by atoms with Crippen LogP contribution in [0.4, 0.5) is 4.79 Å². The Morgan fingerprint density at radius 2 is 1.90 bits per heavy atom. The van der Waals surface area contributed by atoms with Gasteiger partial charge in [-0.15, -0.1) is 0 Å². The van der Waals surface area contributed by atoms with Gasteiger partial charge in [0.2, 0.25) is 0 Å². The minimum atomic E-state index is -0.863. The standard InChI is InChI=1S/C23H28N2O5/c1-5-29-22(28)25-19(26)13-30-21(27)20-15-8-6-7-9-17(15)24-18-11-10-14(12-16(18)20)23(2,3)4/h6-9,14H,5,10-13H2,1-4H3,(H,25,26,28)/t14-/m0/s1. The van der Waals surface area contributed by atoms with E-state index in [0.29, 0.717) is 16.9 Å². The number of nitrogens with zero attached hydrogens (tertiary/aromatic N) is 1. The number of aromatic nitrogens is 1. The molecule has 1 N–H and O–H groups in total. The molecule has 0 saturated carbocycles. The lowest BCUT2D eigenvalue weighted by atomic mass is 9.70. The number of para-hydroxylation sites is 1. The van der Waals surface area contributed by atoms with E-state index < -0.39 is 24.6 Å². The fourth-order valence-corrected chi connectivity index (χ4v) is 3.88. The van der Waals surface area contributed by atoms with Crippen LogP contribution in [0.1, 0.15) is 55.7 Å². The van der Waals surface area contributed by atoms with E-state index in [1.165, 1.54) is 0 Å². The van der Waals surface area contributed by atoms with Crippen LogP contribution in [0, 0.1) is 11.3 Å². The van der Waals surface area contributed by atoms with Crippen molar-refractivity contribution in [2.45, 2.75) is 47.0 Å². The van der Waals surface area contributed by atoms with E-state index in [1.807, 2.05) is 29.6 Å². The average Bonchev–Trinajstić information content (AvgIpc) is 2.69. The van der Waals surface area contributed by atoms with Crippen molar-refractivity contribution in [2.75, 3.05) is 13.2 Å². The molecule has 3 rings (SSSR count). The second-order valence-corrected chi connectivity index (χ2v) is 8.58. The number of ether oxygens (including phenoxy) is 2. The van der Waals surface area contributed by atoms with Gasteiger partial charge in [-0.3, -0.25) is 15.1 Å². The third-order valence-electron chi connectivity index (χ3n) is 5.54. The normalized spacial score (nSPS) is 15.9. The molecular formula is C23H28N2O5. The molecule has 1 heterocycles. The zero-order chi connectivity index (χ0) is 21.9. The van der Waals surface area contributed by atoms with Gasteiger partial charge in [-0.1, -0.05) is 39.0 Å². The lowest BCUT2D eigenvalue weighted by Crippen LogP contribution is -2.35. The molecule has 7 nitrogen and oxygen atoms in total. The van der Waals surface area contributed by atoms with Gasteiger partial charge in [0.1, 0.15) is 0 Å². The molecule has 0 saturated heterocycles. The smallest absolute Gasteiger partial charge is 0.413 e. The molecule has 7 heteroatoms. The molecule has 0 fully saturated rings. The number of hydrogen-bond acceptors (Lipinski definition) is 6. The first-order valence-electron chi connectivity index (χ1n) is 10.2. The quantitative estimate of drug-likeness (QED) is 0.767. The predicted octanol–water partition coefficient (Wildman–Crippen LogP) is 3.82. The highest BCUT2D eigenvalue weighted by atomic mass is 16.6.